The highest BCUT2D eigenvalue weighted by Crippen LogP contribution is 2.31. The zero-order chi connectivity index (χ0) is 17.8. The maximum atomic E-state index is 14.3. The van der Waals surface area contributed by atoms with Crippen molar-refractivity contribution < 1.29 is 9.18 Å². The quantitative estimate of drug-likeness (QED) is 0.820. The molecule has 1 saturated heterocycles. The lowest BCUT2D eigenvalue weighted by molar-refractivity contribution is -0.111. The van der Waals surface area contributed by atoms with Crippen LogP contribution in [0.15, 0.2) is 42.5 Å². The molecule has 0 saturated carbocycles. The van der Waals surface area contributed by atoms with Crippen molar-refractivity contribution in [3.05, 3.63) is 65.0 Å². The van der Waals surface area contributed by atoms with Crippen molar-refractivity contribution in [2.45, 2.75) is 26.7 Å². The van der Waals surface area contributed by atoms with Gasteiger partial charge < -0.3 is 10.2 Å². The van der Waals surface area contributed by atoms with Gasteiger partial charge in [-0.25, -0.2) is 4.39 Å². The number of nitrogens with one attached hydrogen (secondary N) is 1. The number of hydrogen-bond acceptors (Lipinski definition) is 2. The van der Waals surface area contributed by atoms with Crippen LogP contribution >= 0.6 is 0 Å². The fourth-order valence-corrected chi connectivity index (χ4v) is 3.20. The number of halogens is 1. The Morgan fingerprint density at radius 2 is 1.92 bits per heavy atom. The fraction of sp³-hybridized carbons (Fsp3) is 0.286. The minimum atomic E-state index is -0.405. The predicted octanol–water partition coefficient (Wildman–Crippen LogP) is 4.69. The smallest absolute Gasteiger partial charge is 0.248 e. The molecule has 2 aromatic rings. The standard InChI is InChI=1S/C21H23FN2O/c1-15-8-9-17(16(2)14-15)10-11-20(25)23-21-18(22)6-5-7-19(21)24-12-3-4-13-24/h5-11,14H,3-4,12-13H2,1-2H3,(H,23,25)/b11-10+. The summed E-state index contributed by atoms with van der Waals surface area (Å²) in [6, 6.07) is 11.0. The minimum Gasteiger partial charge on any atom is -0.370 e. The Kier molecular flexibility index (Phi) is 5.17. The molecule has 130 valence electrons. The summed E-state index contributed by atoms with van der Waals surface area (Å²) in [5.74, 6) is -0.733. The van der Waals surface area contributed by atoms with Gasteiger partial charge in [0, 0.05) is 19.2 Å². The van der Waals surface area contributed by atoms with Crippen molar-refractivity contribution in [3.63, 3.8) is 0 Å². The molecular weight excluding hydrogens is 315 g/mol. The summed E-state index contributed by atoms with van der Waals surface area (Å²) in [4.78, 5) is 14.4. The van der Waals surface area contributed by atoms with Gasteiger partial charge in [-0.1, -0.05) is 29.8 Å². The first kappa shape index (κ1) is 17.2. The maximum Gasteiger partial charge on any atom is 0.248 e. The van der Waals surface area contributed by atoms with Crippen LogP contribution in [0.3, 0.4) is 0 Å². The average Bonchev–Trinajstić information content (AvgIpc) is 3.10. The minimum absolute atomic E-state index is 0.264. The maximum absolute atomic E-state index is 14.3. The molecule has 4 heteroatoms. The Morgan fingerprint density at radius 3 is 2.64 bits per heavy atom. The van der Waals surface area contributed by atoms with Crippen LogP contribution < -0.4 is 10.2 Å². The molecule has 0 radical (unpaired) electrons. The highest BCUT2D eigenvalue weighted by Gasteiger charge is 2.19. The molecule has 1 fully saturated rings. The Bertz CT molecular complexity index is 808. The first-order valence-corrected chi connectivity index (χ1v) is 8.64. The van der Waals surface area contributed by atoms with Crippen LogP contribution in [0.2, 0.25) is 0 Å². The summed E-state index contributed by atoms with van der Waals surface area (Å²) in [5, 5.41) is 2.71. The van der Waals surface area contributed by atoms with E-state index in [4.69, 9.17) is 0 Å². The van der Waals surface area contributed by atoms with E-state index in [-0.39, 0.29) is 11.6 Å². The second-order valence-electron chi connectivity index (χ2n) is 6.51. The molecule has 3 rings (SSSR count). The van der Waals surface area contributed by atoms with E-state index in [0.717, 1.165) is 42.7 Å². The highest BCUT2D eigenvalue weighted by atomic mass is 19.1. The van der Waals surface area contributed by atoms with Gasteiger partial charge in [0.2, 0.25) is 5.91 Å². The first-order valence-electron chi connectivity index (χ1n) is 8.64. The Labute approximate surface area is 148 Å². The number of carbonyl (C=O) groups is 1. The van der Waals surface area contributed by atoms with Gasteiger partial charge in [0.15, 0.2) is 0 Å². The summed E-state index contributed by atoms with van der Waals surface area (Å²) in [6.45, 7) is 5.83. The Morgan fingerprint density at radius 1 is 1.16 bits per heavy atom. The van der Waals surface area contributed by atoms with E-state index in [9.17, 15) is 9.18 Å². The number of rotatable bonds is 4. The second-order valence-corrected chi connectivity index (χ2v) is 6.51. The Hall–Kier alpha value is -2.62. The van der Waals surface area contributed by atoms with Crippen LogP contribution in [0.1, 0.15) is 29.5 Å². The van der Waals surface area contributed by atoms with E-state index in [1.165, 1.54) is 17.7 Å². The summed E-state index contributed by atoms with van der Waals surface area (Å²) in [7, 11) is 0. The molecule has 0 bridgehead atoms. The van der Waals surface area contributed by atoms with Crippen LogP contribution in [0.4, 0.5) is 15.8 Å². The molecule has 25 heavy (non-hydrogen) atoms. The SMILES string of the molecule is Cc1ccc(/C=C/C(=O)Nc2c(F)cccc2N2CCCC2)c(C)c1. The van der Waals surface area contributed by atoms with Crippen molar-refractivity contribution in [2.75, 3.05) is 23.3 Å². The molecule has 1 aliphatic heterocycles. The van der Waals surface area contributed by atoms with Gasteiger partial charge in [0.1, 0.15) is 11.5 Å². The number of amides is 1. The van der Waals surface area contributed by atoms with E-state index >= 15 is 0 Å². The molecule has 2 aromatic carbocycles. The van der Waals surface area contributed by atoms with E-state index in [2.05, 4.69) is 16.3 Å². The predicted molar refractivity (Wildman–Crippen MR) is 101 cm³/mol. The Balaban J connectivity index is 1.77. The van der Waals surface area contributed by atoms with Crippen molar-refractivity contribution >= 4 is 23.4 Å². The number of nitrogens with zero attached hydrogens (tertiary/aromatic N) is 1. The zero-order valence-electron chi connectivity index (χ0n) is 14.7. The molecule has 3 nitrogen and oxygen atoms in total. The van der Waals surface area contributed by atoms with Gasteiger partial charge in [0.05, 0.1) is 5.69 Å². The van der Waals surface area contributed by atoms with E-state index in [0.29, 0.717) is 0 Å². The van der Waals surface area contributed by atoms with Crippen LogP contribution in [0, 0.1) is 19.7 Å². The highest BCUT2D eigenvalue weighted by molar-refractivity contribution is 6.04. The third-order valence-corrected chi connectivity index (χ3v) is 4.53. The van der Waals surface area contributed by atoms with Gasteiger partial charge >= 0.3 is 0 Å². The summed E-state index contributed by atoms with van der Waals surface area (Å²) in [6.07, 6.45) is 5.41. The number of para-hydroxylation sites is 1. The average molecular weight is 338 g/mol. The van der Waals surface area contributed by atoms with Gasteiger partial charge in [-0.2, -0.15) is 0 Å². The number of carbonyl (C=O) groups excluding carboxylic acids is 1. The lowest BCUT2D eigenvalue weighted by atomic mass is 10.1. The fourth-order valence-electron chi connectivity index (χ4n) is 3.20. The van der Waals surface area contributed by atoms with Crippen molar-refractivity contribution in [2.24, 2.45) is 0 Å². The molecule has 1 heterocycles. The number of benzene rings is 2. The van der Waals surface area contributed by atoms with Gasteiger partial charge in [-0.3, -0.25) is 4.79 Å². The van der Waals surface area contributed by atoms with Crippen LogP contribution in [-0.4, -0.2) is 19.0 Å². The van der Waals surface area contributed by atoms with Crippen LogP contribution in [-0.2, 0) is 4.79 Å². The summed E-state index contributed by atoms with van der Waals surface area (Å²) >= 11 is 0. The molecule has 0 atom stereocenters. The topological polar surface area (TPSA) is 32.3 Å². The third-order valence-electron chi connectivity index (χ3n) is 4.53. The normalized spacial score (nSPS) is 14.3. The van der Waals surface area contributed by atoms with E-state index < -0.39 is 5.82 Å². The van der Waals surface area contributed by atoms with E-state index in [1.807, 2.05) is 32.0 Å². The zero-order valence-corrected chi connectivity index (χ0v) is 14.7. The molecule has 1 aliphatic rings. The second kappa shape index (κ2) is 7.51. The van der Waals surface area contributed by atoms with Gasteiger partial charge in [-0.05, 0) is 56.0 Å². The molecule has 0 spiro atoms. The lowest BCUT2D eigenvalue weighted by Gasteiger charge is -2.21. The molecule has 1 amide bonds. The van der Waals surface area contributed by atoms with Crippen LogP contribution in [0.25, 0.3) is 6.08 Å². The van der Waals surface area contributed by atoms with Gasteiger partial charge in [0.25, 0.3) is 0 Å². The molecule has 0 aromatic heterocycles. The van der Waals surface area contributed by atoms with Crippen LogP contribution in [0.5, 0.6) is 0 Å². The van der Waals surface area contributed by atoms with Crippen molar-refractivity contribution in [1.29, 1.82) is 0 Å². The summed E-state index contributed by atoms with van der Waals surface area (Å²) in [5.41, 5.74) is 4.29. The van der Waals surface area contributed by atoms with E-state index in [1.54, 1.807) is 12.1 Å². The monoisotopic (exact) mass is 338 g/mol. The number of aryl methyl sites for hydroxylation is 2. The first-order chi connectivity index (χ1) is 12.0. The summed E-state index contributed by atoms with van der Waals surface area (Å²) < 4.78 is 14.3. The molecule has 1 N–H and O–H groups in total. The van der Waals surface area contributed by atoms with Gasteiger partial charge in [-0.15, -0.1) is 0 Å². The third kappa shape index (κ3) is 4.08. The molecule has 0 unspecified atom stereocenters. The largest absolute Gasteiger partial charge is 0.370 e. The van der Waals surface area contributed by atoms with Crippen molar-refractivity contribution in [1.82, 2.24) is 0 Å². The number of hydrogen-bond donors (Lipinski definition) is 1. The molecule has 0 aliphatic carbocycles. The lowest BCUT2D eigenvalue weighted by Crippen LogP contribution is -2.21. The molecular formula is C21H23FN2O. The van der Waals surface area contributed by atoms with Crippen molar-refractivity contribution in [3.8, 4) is 0 Å². The number of anilines is 2.